The first-order valence-corrected chi connectivity index (χ1v) is 16.5. The van der Waals surface area contributed by atoms with Crippen LogP contribution in [0.15, 0.2) is 72.9 Å². The number of ether oxygens (including phenoxy) is 3. The van der Waals surface area contributed by atoms with E-state index < -0.39 is 59.4 Å². The molecule has 0 heterocycles. The highest BCUT2D eigenvalue weighted by Gasteiger charge is 2.62. The first kappa shape index (κ1) is 52.8. The second kappa shape index (κ2) is 23.2. The van der Waals surface area contributed by atoms with Gasteiger partial charge in [0.15, 0.2) is 0 Å². The Kier molecular flexibility index (Phi) is 22.6. The molecular formula is C40H57NO13. The summed E-state index contributed by atoms with van der Waals surface area (Å²) in [5.41, 5.74) is 0.883. The summed E-state index contributed by atoms with van der Waals surface area (Å²) in [6.45, 7) is 38.7. The van der Waals surface area contributed by atoms with E-state index in [1.165, 1.54) is 19.8 Å². The number of hydrogen-bond acceptors (Lipinski definition) is 11. The molecule has 0 radical (unpaired) electrons. The molecule has 14 heteroatoms. The minimum atomic E-state index is -1.30. The van der Waals surface area contributed by atoms with Crippen LogP contribution < -0.4 is 0 Å². The quantitative estimate of drug-likeness (QED) is 0.0664. The zero-order valence-electron chi connectivity index (χ0n) is 33.3. The third-order valence-corrected chi connectivity index (χ3v) is 8.11. The SMILES string of the molecule is C=C(C)C#N.C=C(C)C(=O)O.C=C(C)C(=O)OC(C)(C)C.C=C(C)C(=O)O[C@H]1C[C@@H]2CC[C@@]1(C)C2(C)C.C=C(CC(=O)O)C(=O)OC(=O)C(=C)CC(=O)O. The van der Waals surface area contributed by atoms with Gasteiger partial charge in [0.2, 0.25) is 0 Å². The van der Waals surface area contributed by atoms with Crippen molar-refractivity contribution in [1.82, 2.24) is 0 Å². The van der Waals surface area contributed by atoms with Gasteiger partial charge in [0, 0.05) is 38.9 Å². The lowest BCUT2D eigenvalue weighted by Gasteiger charge is -2.38. The van der Waals surface area contributed by atoms with Crippen molar-refractivity contribution < 1.29 is 63.1 Å². The lowest BCUT2D eigenvalue weighted by molar-refractivity contribution is -0.156. The van der Waals surface area contributed by atoms with Crippen LogP contribution in [0.3, 0.4) is 0 Å². The van der Waals surface area contributed by atoms with Crippen LogP contribution in [0.1, 0.15) is 101 Å². The number of allylic oxidation sites excluding steroid dienone is 1. The van der Waals surface area contributed by atoms with Crippen LogP contribution in [-0.4, -0.2) is 68.8 Å². The van der Waals surface area contributed by atoms with Crippen molar-refractivity contribution >= 4 is 41.8 Å². The predicted octanol–water partition coefficient (Wildman–Crippen LogP) is 7.08. The lowest BCUT2D eigenvalue weighted by Crippen LogP contribution is -2.38. The van der Waals surface area contributed by atoms with E-state index in [0.29, 0.717) is 28.1 Å². The Morgan fingerprint density at radius 1 is 0.722 bits per heavy atom. The van der Waals surface area contributed by atoms with E-state index in [0.717, 1.165) is 6.42 Å². The molecule has 0 unspecified atom stereocenters. The van der Waals surface area contributed by atoms with Crippen LogP contribution in [0.5, 0.6) is 0 Å². The van der Waals surface area contributed by atoms with E-state index in [4.69, 9.17) is 30.1 Å². The first-order chi connectivity index (χ1) is 24.3. The number of carbonyl (C=O) groups is 7. The average molecular weight is 760 g/mol. The van der Waals surface area contributed by atoms with Gasteiger partial charge in [-0.3, -0.25) is 9.59 Å². The van der Waals surface area contributed by atoms with Crippen molar-refractivity contribution in [2.75, 3.05) is 0 Å². The second-order valence-corrected chi connectivity index (χ2v) is 14.6. The summed E-state index contributed by atoms with van der Waals surface area (Å²) in [5, 5.41) is 32.4. The number of carboxylic acid groups (broad SMARTS) is 3. The number of rotatable bonds is 10. The van der Waals surface area contributed by atoms with Crippen LogP contribution in [0.4, 0.5) is 0 Å². The lowest BCUT2D eigenvalue weighted by atomic mass is 9.70. The third-order valence-electron chi connectivity index (χ3n) is 8.11. The molecule has 2 aliphatic rings. The van der Waals surface area contributed by atoms with E-state index >= 15 is 0 Å². The Labute approximate surface area is 318 Å². The minimum absolute atomic E-state index is 0.0884. The fourth-order valence-electron chi connectivity index (χ4n) is 4.64. The van der Waals surface area contributed by atoms with E-state index in [2.05, 4.69) is 65.0 Å². The number of aliphatic carboxylic acids is 3. The molecule has 0 spiro atoms. The standard InChI is InChI=1S/C14H22O2.C10H10O7.C8H14O2.C4H5N.C4H6O2/c1-9(2)12(15)16-11-8-10-6-7-14(11,5)13(10,3)4;1-5(3-7(11)12)9(15)17-10(16)6(2)4-8(13)14;1-6(2)7(9)10-8(3,4)5;1-4(2)3-5;1-3(2)4(5)6/h10-11H,1,6-8H2,2-5H3;1-4H2,(H,11,12)(H,13,14);1H2,2-5H3;1H2,2H3;1H2,2H3,(H,5,6)/t10-,11-,14+;;;;/m0..../s1. The molecule has 0 saturated heterocycles. The number of esters is 4. The summed E-state index contributed by atoms with van der Waals surface area (Å²) in [6, 6.07) is 1.83. The molecule has 0 amide bonds. The molecule has 0 aromatic heterocycles. The number of hydrogen-bond donors (Lipinski definition) is 3. The van der Waals surface area contributed by atoms with Gasteiger partial charge in [-0.25, -0.2) is 24.0 Å². The van der Waals surface area contributed by atoms with Gasteiger partial charge in [-0.15, -0.1) is 0 Å². The number of nitriles is 1. The second-order valence-electron chi connectivity index (χ2n) is 14.6. The molecule has 3 atom stereocenters. The number of nitrogens with zero attached hydrogens (tertiary/aromatic N) is 1. The van der Waals surface area contributed by atoms with Gasteiger partial charge in [0.05, 0.1) is 18.9 Å². The maximum Gasteiger partial charge on any atom is 0.341 e. The fraction of sp³-hybridized carbons (Fsp3) is 0.500. The van der Waals surface area contributed by atoms with Crippen molar-refractivity contribution in [3.05, 3.63) is 72.9 Å². The molecule has 0 aromatic carbocycles. The Bertz CT molecular complexity index is 1520. The summed E-state index contributed by atoms with van der Waals surface area (Å²) in [7, 11) is 0. The minimum Gasteiger partial charge on any atom is -0.481 e. The van der Waals surface area contributed by atoms with E-state index in [-0.39, 0.29) is 29.0 Å². The molecule has 14 nitrogen and oxygen atoms in total. The van der Waals surface area contributed by atoms with Gasteiger partial charge >= 0.3 is 41.8 Å². The molecule has 0 aliphatic heterocycles. The van der Waals surface area contributed by atoms with Gasteiger partial charge in [-0.05, 0) is 79.1 Å². The Morgan fingerprint density at radius 2 is 1.09 bits per heavy atom. The molecule has 0 aromatic rings. The Morgan fingerprint density at radius 3 is 1.30 bits per heavy atom. The number of carbonyl (C=O) groups excluding carboxylic acids is 4. The summed E-state index contributed by atoms with van der Waals surface area (Å²) in [5.74, 6) is -5.82. The monoisotopic (exact) mass is 759 g/mol. The van der Waals surface area contributed by atoms with Crippen LogP contribution in [0.2, 0.25) is 0 Å². The molecule has 2 rings (SSSR count). The van der Waals surface area contributed by atoms with Crippen molar-refractivity contribution in [2.24, 2.45) is 16.7 Å². The van der Waals surface area contributed by atoms with Crippen molar-refractivity contribution in [1.29, 1.82) is 5.26 Å². The van der Waals surface area contributed by atoms with Gasteiger partial charge in [0.25, 0.3) is 0 Å². The van der Waals surface area contributed by atoms with Gasteiger partial charge in [-0.1, -0.05) is 60.2 Å². The Balaban J connectivity index is -0.000000648. The van der Waals surface area contributed by atoms with Gasteiger partial charge < -0.3 is 29.5 Å². The molecule has 300 valence electrons. The average Bonchev–Trinajstić information content (AvgIpc) is 3.34. The largest absolute Gasteiger partial charge is 0.481 e. The van der Waals surface area contributed by atoms with E-state index in [1.807, 2.05) is 26.8 Å². The molecule has 2 saturated carbocycles. The van der Waals surface area contributed by atoms with Crippen molar-refractivity contribution in [2.45, 2.75) is 113 Å². The highest BCUT2D eigenvalue weighted by atomic mass is 16.6. The zero-order chi connectivity index (χ0) is 43.5. The summed E-state index contributed by atoms with van der Waals surface area (Å²) in [6.07, 6.45) is 2.24. The molecule has 3 N–H and O–H groups in total. The summed E-state index contributed by atoms with van der Waals surface area (Å²) >= 11 is 0. The van der Waals surface area contributed by atoms with Crippen LogP contribution >= 0.6 is 0 Å². The molecule has 2 aliphatic carbocycles. The molecular weight excluding hydrogens is 702 g/mol. The van der Waals surface area contributed by atoms with E-state index in [9.17, 15) is 33.6 Å². The Hall–Kier alpha value is -5.58. The van der Waals surface area contributed by atoms with E-state index in [1.54, 1.807) is 20.8 Å². The highest BCUT2D eigenvalue weighted by molar-refractivity contribution is 6.04. The van der Waals surface area contributed by atoms with Crippen molar-refractivity contribution in [3.63, 3.8) is 0 Å². The normalized spacial score (nSPS) is 18.0. The smallest absolute Gasteiger partial charge is 0.341 e. The molecule has 2 bridgehead atoms. The maximum absolute atomic E-state index is 11.6. The fourth-order valence-corrected chi connectivity index (χ4v) is 4.64. The topological polar surface area (TPSA) is 232 Å². The van der Waals surface area contributed by atoms with Crippen LogP contribution in [0, 0.1) is 28.1 Å². The summed E-state index contributed by atoms with van der Waals surface area (Å²) in [4.78, 5) is 74.7. The first-order valence-electron chi connectivity index (χ1n) is 16.5. The zero-order valence-corrected chi connectivity index (χ0v) is 33.3. The van der Waals surface area contributed by atoms with Crippen LogP contribution in [0.25, 0.3) is 0 Å². The van der Waals surface area contributed by atoms with Crippen molar-refractivity contribution in [3.8, 4) is 6.07 Å². The maximum atomic E-state index is 11.6. The van der Waals surface area contributed by atoms with Crippen LogP contribution in [-0.2, 0) is 47.8 Å². The third kappa shape index (κ3) is 20.5. The molecule has 2 fully saturated rings. The van der Waals surface area contributed by atoms with Gasteiger partial charge in [0.1, 0.15) is 11.7 Å². The number of carboxylic acids is 3. The summed E-state index contributed by atoms with van der Waals surface area (Å²) < 4.78 is 14.7. The number of fused-ring (bicyclic) bond motifs is 2. The highest BCUT2D eigenvalue weighted by Crippen LogP contribution is 2.66. The van der Waals surface area contributed by atoms with Gasteiger partial charge in [-0.2, -0.15) is 5.26 Å². The predicted molar refractivity (Wildman–Crippen MR) is 201 cm³/mol. The molecule has 54 heavy (non-hydrogen) atoms.